The molecule has 0 aliphatic rings. The fourth-order valence-electron chi connectivity index (χ4n) is 1.90. The quantitative estimate of drug-likeness (QED) is 0.892. The molecule has 2 N–H and O–H groups in total. The summed E-state index contributed by atoms with van der Waals surface area (Å²) >= 11 is 5.75. The fraction of sp³-hybridized carbons (Fsp3) is 0.188. The third kappa shape index (κ3) is 4.28. The van der Waals surface area contributed by atoms with E-state index in [0.29, 0.717) is 18.0 Å². The lowest BCUT2D eigenvalue weighted by Crippen LogP contribution is -2.26. The van der Waals surface area contributed by atoms with E-state index in [4.69, 9.17) is 16.7 Å². The first-order valence-corrected chi connectivity index (χ1v) is 6.90. The van der Waals surface area contributed by atoms with Crippen LogP contribution in [-0.2, 0) is 13.0 Å². The molecule has 0 saturated heterocycles. The third-order valence-electron chi connectivity index (χ3n) is 3.08. The maximum Gasteiger partial charge on any atom is 0.254 e. The number of benzene rings is 2. The van der Waals surface area contributed by atoms with Crippen molar-refractivity contribution in [2.75, 3.05) is 6.54 Å². The molecule has 0 saturated carbocycles. The average Bonchev–Trinajstić information content (AvgIpc) is 2.50. The van der Waals surface area contributed by atoms with Gasteiger partial charge in [0, 0.05) is 11.6 Å². The molecule has 0 heterocycles. The molecule has 3 nitrogen and oxygen atoms in total. The molecule has 2 rings (SSSR count). The molecule has 0 bridgehead atoms. The Labute approximate surface area is 127 Å². The highest BCUT2D eigenvalue weighted by Crippen LogP contribution is 2.14. The maximum absolute atomic E-state index is 13.5. The van der Waals surface area contributed by atoms with E-state index in [1.54, 1.807) is 0 Å². The largest absolute Gasteiger partial charge is 0.392 e. The van der Waals surface area contributed by atoms with Crippen LogP contribution in [0.15, 0.2) is 42.5 Å². The summed E-state index contributed by atoms with van der Waals surface area (Å²) in [5, 5.41) is 11.9. The molecule has 21 heavy (non-hydrogen) atoms. The Morgan fingerprint density at radius 1 is 1.14 bits per heavy atom. The van der Waals surface area contributed by atoms with Gasteiger partial charge in [-0.05, 0) is 35.7 Å². The smallest absolute Gasteiger partial charge is 0.254 e. The Morgan fingerprint density at radius 2 is 1.81 bits per heavy atom. The van der Waals surface area contributed by atoms with E-state index in [-0.39, 0.29) is 12.2 Å². The zero-order valence-corrected chi connectivity index (χ0v) is 12.0. The predicted octanol–water partition coefficient (Wildman–Crippen LogP) is 2.94. The van der Waals surface area contributed by atoms with Gasteiger partial charge in [0.2, 0.25) is 0 Å². The number of aliphatic hydroxyl groups excluding tert-OH is 1. The van der Waals surface area contributed by atoms with Gasteiger partial charge in [0.15, 0.2) is 0 Å². The Kier molecular flexibility index (Phi) is 5.31. The van der Waals surface area contributed by atoms with Gasteiger partial charge in [-0.15, -0.1) is 0 Å². The van der Waals surface area contributed by atoms with Crippen molar-refractivity contribution in [2.24, 2.45) is 0 Å². The SMILES string of the molecule is O=C(NCCc1ccc(CO)cc1)c1cc(Cl)ccc1F. The standard InChI is InChI=1S/C16H15ClFNO2/c17-13-5-6-15(18)14(9-13)16(21)19-8-7-11-1-3-12(10-20)4-2-11/h1-6,9,20H,7-8,10H2,(H,19,21). The molecule has 0 aromatic heterocycles. The zero-order chi connectivity index (χ0) is 15.2. The van der Waals surface area contributed by atoms with Crippen LogP contribution in [0.5, 0.6) is 0 Å². The molecular weight excluding hydrogens is 293 g/mol. The maximum atomic E-state index is 13.5. The summed E-state index contributed by atoms with van der Waals surface area (Å²) in [6, 6.07) is 11.3. The molecular formula is C16H15ClFNO2. The van der Waals surface area contributed by atoms with Crippen LogP contribution in [0.3, 0.4) is 0 Å². The zero-order valence-electron chi connectivity index (χ0n) is 11.3. The van der Waals surface area contributed by atoms with E-state index in [1.807, 2.05) is 24.3 Å². The van der Waals surface area contributed by atoms with Crippen LogP contribution in [0.4, 0.5) is 4.39 Å². The summed E-state index contributed by atoms with van der Waals surface area (Å²) < 4.78 is 13.5. The second-order valence-corrected chi connectivity index (χ2v) is 5.04. The lowest BCUT2D eigenvalue weighted by Gasteiger charge is -2.07. The number of carbonyl (C=O) groups is 1. The number of aliphatic hydroxyl groups is 1. The number of hydrogen-bond acceptors (Lipinski definition) is 2. The summed E-state index contributed by atoms with van der Waals surface area (Å²) in [6.07, 6.45) is 0.625. The van der Waals surface area contributed by atoms with Gasteiger partial charge in [-0.2, -0.15) is 0 Å². The first-order valence-electron chi connectivity index (χ1n) is 6.52. The van der Waals surface area contributed by atoms with Crippen molar-refractivity contribution in [3.8, 4) is 0 Å². The van der Waals surface area contributed by atoms with Crippen LogP contribution in [0.1, 0.15) is 21.5 Å². The predicted molar refractivity (Wildman–Crippen MR) is 79.8 cm³/mol. The van der Waals surface area contributed by atoms with Gasteiger partial charge >= 0.3 is 0 Å². The van der Waals surface area contributed by atoms with Gasteiger partial charge in [-0.1, -0.05) is 35.9 Å². The van der Waals surface area contributed by atoms with Gasteiger partial charge in [-0.3, -0.25) is 4.79 Å². The van der Waals surface area contributed by atoms with E-state index in [2.05, 4.69) is 5.32 Å². The summed E-state index contributed by atoms with van der Waals surface area (Å²) in [5.41, 5.74) is 1.81. The van der Waals surface area contributed by atoms with Crippen molar-refractivity contribution in [3.05, 3.63) is 70.0 Å². The van der Waals surface area contributed by atoms with Gasteiger partial charge in [0.1, 0.15) is 5.82 Å². The molecule has 0 aliphatic carbocycles. The van der Waals surface area contributed by atoms with Crippen molar-refractivity contribution in [2.45, 2.75) is 13.0 Å². The Morgan fingerprint density at radius 3 is 2.48 bits per heavy atom. The monoisotopic (exact) mass is 307 g/mol. The van der Waals surface area contributed by atoms with E-state index >= 15 is 0 Å². The normalized spacial score (nSPS) is 10.4. The highest BCUT2D eigenvalue weighted by atomic mass is 35.5. The molecule has 1 amide bonds. The first-order chi connectivity index (χ1) is 10.1. The Balaban J connectivity index is 1.90. The first kappa shape index (κ1) is 15.5. The molecule has 110 valence electrons. The topological polar surface area (TPSA) is 49.3 Å². The lowest BCUT2D eigenvalue weighted by molar-refractivity contribution is 0.0950. The van der Waals surface area contributed by atoms with Crippen LogP contribution in [0, 0.1) is 5.82 Å². The summed E-state index contributed by atoms with van der Waals surface area (Å²) in [4.78, 5) is 11.9. The minimum Gasteiger partial charge on any atom is -0.392 e. The van der Waals surface area contributed by atoms with Gasteiger partial charge in [0.25, 0.3) is 5.91 Å². The Bertz CT molecular complexity index is 629. The molecule has 0 atom stereocenters. The van der Waals surface area contributed by atoms with Crippen LogP contribution < -0.4 is 5.32 Å². The van der Waals surface area contributed by atoms with Crippen molar-refractivity contribution < 1.29 is 14.3 Å². The number of amides is 1. The molecule has 2 aromatic carbocycles. The molecule has 0 unspecified atom stereocenters. The van der Waals surface area contributed by atoms with Crippen LogP contribution >= 0.6 is 11.6 Å². The summed E-state index contributed by atoms with van der Waals surface area (Å²) in [5.74, 6) is -1.08. The van der Waals surface area contributed by atoms with Crippen LogP contribution in [0.2, 0.25) is 5.02 Å². The molecule has 0 radical (unpaired) electrons. The van der Waals surface area contributed by atoms with E-state index in [1.165, 1.54) is 18.2 Å². The van der Waals surface area contributed by atoms with Crippen LogP contribution in [-0.4, -0.2) is 17.6 Å². The Hall–Kier alpha value is -1.91. The average molecular weight is 308 g/mol. The number of hydrogen-bond donors (Lipinski definition) is 2. The minimum atomic E-state index is -0.593. The van der Waals surface area contributed by atoms with E-state index in [0.717, 1.165) is 11.1 Å². The third-order valence-corrected chi connectivity index (χ3v) is 3.31. The minimum absolute atomic E-state index is 0.00502. The molecule has 0 spiro atoms. The molecule has 0 aliphatic heterocycles. The van der Waals surface area contributed by atoms with Crippen molar-refractivity contribution in [1.82, 2.24) is 5.32 Å². The summed E-state index contributed by atoms with van der Waals surface area (Å²) in [7, 11) is 0. The van der Waals surface area contributed by atoms with Crippen molar-refractivity contribution in [3.63, 3.8) is 0 Å². The van der Waals surface area contributed by atoms with E-state index < -0.39 is 11.7 Å². The highest BCUT2D eigenvalue weighted by Gasteiger charge is 2.11. The number of nitrogens with one attached hydrogen (secondary N) is 1. The number of rotatable bonds is 5. The molecule has 2 aromatic rings. The van der Waals surface area contributed by atoms with Crippen molar-refractivity contribution in [1.29, 1.82) is 0 Å². The van der Waals surface area contributed by atoms with Gasteiger partial charge < -0.3 is 10.4 Å². The second-order valence-electron chi connectivity index (χ2n) is 4.60. The number of carbonyl (C=O) groups excluding carboxylic acids is 1. The molecule has 5 heteroatoms. The van der Waals surface area contributed by atoms with Crippen molar-refractivity contribution >= 4 is 17.5 Å². The van der Waals surface area contributed by atoms with Crippen LogP contribution in [0.25, 0.3) is 0 Å². The van der Waals surface area contributed by atoms with Gasteiger partial charge in [0.05, 0.1) is 12.2 Å². The second kappa shape index (κ2) is 7.20. The number of halogens is 2. The fourth-order valence-corrected chi connectivity index (χ4v) is 2.07. The van der Waals surface area contributed by atoms with E-state index in [9.17, 15) is 9.18 Å². The molecule has 0 fully saturated rings. The lowest BCUT2D eigenvalue weighted by atomic mass is 10.1. The van der Waals surface area contributed by atoms with Gasteiger partial charge in [-0.25, -0.2) is 4.39 Å². The summed E-state index contributed by atoms with van der Waals surface area (Å²) in [6.45, 7) is 0.397. The highest BCUT2D eigenvalue weighted by molar-refractivity contribution is 6.30.